The van der Waals surface area contributed by atoms with E-state index in [4.69, 9.17) is 5.11 Å². The molecule has 0 fully saturated rings. The van der Waals surface area contributed by atoms with E-state index in [1.165, 1.54) is 23.5 Å². The van der Waals surface area contributed by atoms with Crippen LogP contribution in [0.5, 0.6) is 0 Å². The standard InChI is InChI=1S/C15H13FN2O2S/c16-12-4-5-13(17-9-12)15(20)18-10-14-11(6-8-21-14)3-1-2-7-19/h4-6,8-9,19H,2,7,10H2,(H,18,20). The van der Waals surface area contributed by atoms with Crippen molar-refractivity contribution in [1.29, 1.82) is 0 Å². The molecule has 2 rings (SSSR count). The molecule has 6 heteroatoms. The minimum Gasteiger partial charge on any atom is -0.395 e. The van der Waals surface area contributed by atoms with Crippen LogP contribution in [0.4, 0.5) is 4.39 Å². The number of pyridine rings is 1. The molecule has 4 nitrogen and oxygen atoms in total. The largest absolute Gasteiger partial charge is 0.395 e. The van der Waals surface area contributed by atoms with E-state index in [2.05, 4.69) is 22.1 Å². The molecule has 21 heavy (non-hydrogen) atoms. The van der Waals surface area contributed by atoms with Crippen LogP contribution in [0.15, 0.2) is 29.8 Å². The minimum absolute atomic E-state index is 0.0272. The van der Waals surface area contributed by atoms with Crippen molar-refractivity contribution in [1.82, 2.24) is 10.3 Å². The molecule has 2 aromatic rings. The number of carbonyl (C=O) groups excluding carboxylic acids is 1. The van der Waals surface area contributed by atoms with E-state index in [0.29, 0.717) is 13.0 Å². The summed E-state index contributed by atoms with van der Waals surface area (Å²) in [4.78, 5) is 16.5. The van der Waals surface area contributed by atoms with Crippen LogP contribution in [-0.4, -0.2) is 22.6 Å². The summed E-state index contributed by atoms with van der Waals surface area (Å²) in [5.74, 6) is 4.95. The van der Waals surface area contributed by atoms with Crippen LogP contribution in [0, 0.1) is 17.7 Å². The van der Waals surface area contributed by atoms with Gasteiger partial charge in [0.25, 0.3) is 5.91 Å². The first-order chi connectivity index (χ1) is 10.2. The van der Waals surface area contributed by atoms with Gasteiger partial charge in [-0.15, -0.1) is 11.3 Å². The van der Waals surface area contributed by atoms with Crippen molar-refractivity contribution in [2.24, 2.45) is 0 Å². The molecule has 0 saturated heterocycles. The van der Waals surface area contributed by atoms with Crippen LogP contribution in [0.25, 0.3) is 0 Å². The molecule has 0 atom stereocenters. The molecule has 0 aliphatic heterocycles. The van der Waals surface area contributed by atoms with Crippen LogP contribution in [0.3, 0.4) is 0 Å². The van der Waals surface area contributed by atoms with Gasteiger partial charge in [-0.25, -0.2) is 9.37 Å². The maximum atomic E-state index is 12.7. The summed E-state index contributed by atoms with van der Waals surface area (Å²) in [5, 5.41) is 13.3. The Kier molecular flexibility index (Phi) is 5.43. The number of rotatable bonds is 4. The van der Waals surface area contributed by atoms with Crippen LogP contribution in [0.2, 0.25) is 0 Å². The average molecular weight is 304 g/mol. The van der Waals surface area contributed by atoms with Gasteiger partial charge >= 0.3 is 0 Å². The zero-order valence-electron chi connectivity index (χ0n) is 11.1. The Hall–Kier alpha value is -2.23. The second-order valence-electron chi connectivity index (χ2n) is 4.08. The Labute approximate surface area is 125 Å². The SMILES string of the molecule is O=C(NCc1sccc1C#CCCO)c1ccc(F)cn1. The third-order valence-electron chi connectivity index (χ3n) is 2.57. The first kappa shape index (κ1) is 15.2. The van der Waals surface area contributed by atoms with Crippen molar-refractivity contribution in [2.75, 3.05) is 6.61 Å². The third-order valence-corrected chi connectivity index (χ3v) is 3.50. The number of hydrogen-bond donors (Lipinski definition) is 2. The molecule has 108 valence electrons. The smallest absolute Gasteiger partial charge is 0.270 e. The fraction of sp³-hybridized carbons (Fsp3) is 0.200. The highest BCUT2D eigenvalue weighted by molar-refractivity contribution is 7.10. The van der Waals surface area contributed by atoms with Gasteiger partial charge in [0, 0.05) is 16.9 Å². The van der Waals surface area contributed by atoms with Crippen LogP contribution >= 0.6 is 11.3 Å². The highest BCUT2D eigenvalue weighted by Crippen LogP contribution is 2.15. The average Bonchev–Trinajstić information content (AvgIpc) is 2.93. The van der Waals surface area contributed by atoms with Gasteiger partial charge in [0.1, 0.15) is 11.5 Å². The summed E-state index contributed by atoms with van der Waals surface area (Å²) in [6, 6.07) is 4.40. The minimum atomic E-state index is -0.480. The lowest BCUT2D eigenvalue weighted by Gasteiger charge is -2.03. The Morgan fingerprint density at radius 1 is 1.43 bits per heavy atom. The summed E-state index contributed by atoms with van der Waals surface area (Å²) >= 11 is 1.49. The maximum absolute atomic E-state index is 12.7. The molecule has 0 spiro atoms. The molecule has 2 N–H and O–H groups in total. The van der Waals surface area contributed by atoms with Crippen molar-refractivity contribution in [3.8, 4) is 11.8 Å². The quantitative estimate of drug-likeness (QED) is 0.849. The Bertz CT molecular complexity index is 671. The molecule has 0 radical (unpaired) electrons. The molecule has 0 bridgehead atoms. The third kappa shape index (κ3) is 4.38. The summed E-state index contributed by atoms with van der Waals surface area (Å²) < 4.78 is 12.7. The molecular formula is C15H13FN2O2S. The number of hydrogen-bond acceptors (Lipinski definition) is 4. The number of nitrogens with one attached hydrogen (secondary N) is 1. The molecular weight excluding hydrogens is 291 g/mol. The zero-order chi connectivity index (χ0) is 15.1. The second-order valence-corrected chi connectivity index (χ2v) is 5.08. The zero-order valence-corrected chi connectivity index (χ0v) is 11.9. The monoisotopic (exact) mass is 304 g/mol. The van der Waals surface area contributed by atoms with E-state index in [-0.39, 0.29) is 18.2 Å². The molecule has 1 amide bonds. The van der Waals surface area contributed by atoms with Crippen LogP contribution in [0.1, 0.15) is 27.3 Å². The van der Waals surface area contributed by atoms with Gasteiger partial charge in [0.15, 0.2) is 0 Å². The van der Waals surface area contributed by atoms with Crippen molar-refractivity contribution < 1.29 is 14.3 Å². The van der Waals surface area contributed by atoms with Gasteiger partial charge in [-0.1, -0.05) is 11.8 Å². The van der Waals surface area contributed by atoms with Crippen LogP contribution < -0.4 is 5.32 Å². The number of nitrogens with zero attached hydrogens (tertiary/aromatic N) is 1. The Morgan fingerprint density at radius 3 is 3.00 bits per heavy atom. The van der Waals surface area contributed by atoms with E-state index in [1.54, 1.807) is 0 Å². The van der Waals surface area contributed by atoms with Crippen molar-refractivity contribution in [3.63, 3.8) is 0 Å². The van der Waals surface area contributed by atoms with Gasteiger partial charge in [-0.05, 0) is 23.6 Å². The molecule has 0 unspecified atom stereocenters. The van der Waals surface area contributed by atoms with E-state index in [9.17, 15) is 9.18 Å². The number of carbonyl (C=O) groups is 1. The number of aliphatic hydroxyl groups excluding tert-OH is 1. The van der Waals surface area contributed by atoms with Crippen molar-refractivity contribution in [2.45, 2.75) is 13.0 Å². The van der Waals surface area contributed by atoms with E-state index >= 15 is 0 Å². The number of halogens is 1. The lowest BCUT2D eigenvalue weighted by molar-refractivity contribution is 0.0946. The fourth-order valence-electron chi connectivity index (χ4n) is 1.56. The normalized spacial score (nSPS) is 9.81. The van der Waals surface area contributed by atoms with Gasteiger partial charge < -0.3 is 10.4 Å². The first-order valence-electron chi connectivity index (χ1n) is 6.26. The molecule has 0 saturated carbocycles. The molecule has 0 aliphatic rings. The molecule has 0 aromatic carbocycles. The summed E-state index contributed by atoms with van der Waals surface area (Å²) in [6.07, 6.45) is 1.42. The van der Waals surface area contributed by atoms with E-state index in [1.807, 2.05) is 11.4 Å². The highest BCUT2D eigenvalue weighted by Gasteiger charge is 2.08. The van der Waals surface area contributed by atoms with Gasteiger partial charge in [0.2, 0.25) is 0 Å². The van der Waals surface area contributed by atoms with Gasteiger partial charge in [-0.3, -0.25) is 4.79 Å². The van der Waals surface area contributed by atoms with E-state index < -0.39 is 5.82 Å². The highest BCUT2D eigenvalue weighted by atomic mass is 32.1. The first-order valence-corrected chi connectivity index (χ1v) is 7.14. The Balaban J connectivity index is 1.97. The van der Waals surface area contributed by atoms with Crippen molar-refractivity contribution in [3.05, 3.63) is 51.7 Å². The number of amides is 1. The number of thiophene rings is 1. The second kappa shape index (κ2) is 7.53. The summed E-state index contributed by atoms with van der Waals surface area (Å²) in [6.45, 7) is 0.359. The van der Waals surface area contributed by atoms with Crippen molar-refractivity contribution >= 4 is 17.2 Å². The lowest BCUT2D eigenvalue weighted by atomic mass is 10.2. The molecule has 2 heterocycles. The van der Waals surface area contributed by atoms with Crippen LogP contribution in [-0.2, 0) is 6.54 Å². The van der Waals surface area contributed by atoms with Gasteiger partial charge in [0.05, 0.1) is 19.3 Å². The topological polar surface area (TPSA) is 62.2 Å². The maximum Gasteiger partial charge on any atom is 0.270 e. The Morgan fingerprint density at radius 2 is 2.29 bits per heavy atom. The predicted octanol–water partition coefficient (Wildman–Crippen LogP) is 1.95. The molecule has 0 aliphatic carbocycles. The van der Waals surface area contributed by atoms with Gasteiger partial charge in [-0.2, -0.15) is 0 Å². The lowest BCUT2D eigenvalue weighted by Crippen LogP contribution is -2.23. The summed E-state index contributed by atoms with van der Waals surface area (Å²) in [7, 11) is 0. The number of aliphatic hydroxyl groups is 1. The number of aromatic nitrogens is 1. The fourth-order valence-corrected chi connectivity index (χ4v) is 2.33. The van der Waals surface area contributed by atoms with E-state index in [0.717, 1.165) is 16.6 Å². The predicted molar refractivity (Wildman–Crippen MR) is 78.3 cm³/mol. The summed E-state index contributed by atoms with van der Waals surface area (Å²) in [5.41, 5.74) is 1.00. The molecule has 2 aromatic heterocycles.